The van der Waals surface area contributed by atoms with Gasteiger partial charge in [0.15, 0.2) is 0 Å². The Kier molecular flexibility index (Phi) is 5.67. The van der Waals surface area contributed by atoms with E-state index in [1.807, 2.05) is 56.1 Å². The number of carbonyl (C=O) groups excluding carboxylic acids is 1. The number of aryl methyl sites for hydroxylation is 1. The minimum Gasteiger partial charge on any atom is -0.497 e. The molecule has 26 heavy (non-hydrogen) atoms. The van der Waals surface area contributed by atoms with Crippen LogP contribution >= 0.6 is 0 Å². The summed E-state index contributed by atoms with van der Waals surface area (Å²) in [6.45, 7) is 6.74. The SMILES string of the molecule is CNCC1CCCN(C(=O)c2cc(C)n(-c3ccc(OC)cc3)c2C)C1. The molecule has 2 aromatic rings. The molecule has 5 nitrogen and oxygen atoms in total. The zero-order valence-electron chi connectivity index (χ0n) is 16.2. The summed E-state index contributed by atoms with van der Waals surface area (Å²) in [5.74, 6) is 1.53. The van der Waals surface area contributed by atoms with E-state index in [4.69, 9.17) is 4.74 Å². The number of rotatable bonds is 5. The van der Waals surface area contributed by atoms with Crippen molar-refractivity contribution in [3.8, 4) is 11.4 Å². The van der Waals surface area contributed by atoms with Crippen LogP contribution in [0, 0.1) is 19.8 Å². The maximum Gasteiger partial charge on any atom is 0.255 e. The Morgan fingerprint density at radius 3 is 2.65 bits per heavy atom. The molecule has 1 aromatic heterocycles. The molecule has 1 N–H and O–H groups in total. The van der Waals surface area contributed by atoms with Gasteiger partial charge in [0.1, 0.15) is 5.75 Å². The Morgan fingerprint density at radius 2 is 2.00 bits per heavy atom. The first-order chi connectivity index (χ1) is 12.5. The lowest BCUT2D eigenvalue weighted by molar-refractivity contribution is 0.0673. The molecular formula is C21H29N3O2. The minimum absolute atomic E-state index is 0.152. The number of amides is 1. The summed E-state index contributed by atoms with van der Waals surface area (Å²) in [5, 5.41) is 3.24. The lowest BCUT2D eigenvalue weighted by atomic mass is 9.97. The number of hydrogen-bond acceptors (Lipinski definition) is 3. The van der Waals surface area contributed by atoms with Crippen LogP contribution in [0.1, 0.15) is 34.6 Å². The van der Waals surface area contributed by atoms with Crippen molar-refractivity contribution in [3.63, 3.8) is 0 Å². The summed E-state index contributed by atoms with van der Waals surface area (Å²) in [4.78, 5) is 15.2. The van der Waals surface area contributed by atoms with Crippen molar-refractivity contribution in [2.24, 2.45) is 5.92 Å². The van der Waals surface area contributed by atoms with E-state index in [1.165, 1.54) is 6.42 Å². The van der Waals surface area contributed by atoms with Crippen LogP contribution in [0.4, 0.5) is 0 Å². The van der Waals surface area contributed by atoms with Crippen LogP contribution in [0.2, 0.25) is 0 Å². The molecule has 0 spiro atoms. The number of methoxy groups -OCH3 is 1. The van der Waals surface area contributed by atoms with Crippen LogP contribution < -0.4 is 10.1 Å². The third-order valence-electron chi connectivity index (χ3n) is 5.29. The smallest absolute Gasteiger partial charge is 0.255 e. The topological polar surface area (TPSA) is 46.5 Å². The summed E-state index contributed by atoms with van der Waals surface area (Å²) >= 11 is 0. The third-order valence-corrected chi connectivity index (χ3v) is 5.29. The van der Waals surface area contributed by atoms with Gasteiger partial charge < -0.3 is 19.5 Å². The Morgan fingerprint density at radius 1 is 1.27 bits per heavy atom. The summed E-state index contributed by atoms with van der Waals surface area (Å²) in [6.07, 6.45) is 2.27. The first kappa shape index (κ1) is 18.5. The molecule has 1 saturated heterocycles. The maximum absolute atomic E-state index is 13.1. The van der Waals surface area contributed by atoms with Crippen molar-refractivity contribution in [2.75, 3.05) is 33.8 Å². The number of nitrogens with zero attached hydrogens (tertiary/aromatic N) is 2. The summed E-state index contributed by atoms with van der Waals surface area (Å²) in [5.41, 5.74) is 3.92. The summed E-state index contributed by atoms with van der Waals surface area (Å²) in [7, 11) is 3.64. The van der Waals surface area contributed by atoms with Gasteiger partial charge in [-0.3, -0.25) is 4.79 Å². The molecule has 1 fully saturated rings. The van der Waals surface area contributed by atoms with Crippen LogP contribution in [0.15, 0.2) is 30.3 Å². The van der Waals surface area contributed by atoms with Crippen LogP contribution in [-0.2, 0) is 0 Å². The fourth-order valence-corrected chi connectivity index (χ4v) is 3.98. The number of nitrogens with one attached hydrogen (secondary N) is 1. The molecule has 1 aromatic carbocycles. The van der Waals surface area contributed by atoms with Gasteiger partial charge in [0.25, 0.3) is 5.91 Å². The van der Waals surface area contributed by atoms with E-state index in [0.717, 1.165) is 54.4 Å². The molecule has 0 bridgehead atoms. The van der Waals surface area contributed by atoms with Crippen LogP contribution in [0.5, 0.6) is 5.75 Å². The van der Waals surface area contributed by atoms with E-state index >= 15 is 0 Å². The molecule has 1 atom stereocenters. The average Bonchev–Trinajstić information content (AvgIpc) is 2.96. The largest absolute Gasteiger partial charge is 0.497 e. The second-order valence-electron chi connectivity index (χ2n) is 7.14. The van der Waals surface area contributed by atoms with E-state index in [9.17, 15) is 4.79 Å². The number of piperidine rings is 1. The Labute approximate surface area is 156 Å². The highest BCUT2D eigenvalue weighted by atomic mass is 16.5. The Hall–Kier alpha value is -2.27. The van der Waals surface area contributed by atoms with Gasteiger partial charge in [0.2, 0.25) is 0 Å². The highest BCUT2D eigenvalue weighted by Gasteiger charge is 2.26. The van der Waals surface area contributed by atoms with Gasteiger partial charge in [-0.1, -0.05) is 0 Å². The molecule has 140 valence electrons. The molecule has 0 aliphatic carbocycles. The van der Waals surface area contributed by atoms with Crippen LogP contribution in [0.25, 0.3) is 5.69 Å². The van der Waals surface area contributed by atoms with Crippen molar-refractivity contribution in [1.82, 2.24) is 14.8 Å². The lowest BCUT2D eigenvalue weighted by Gasteiger charge is -2.32. The second-order valence-corrected chi connectivity index (χ2v) is 7.14. The van der Waals surface area contributed by atoms with Gasteiger partial charge >= 0.3 is 0 Å². The van der Waals surface area contributed by atoms with E-state index in [0.29, 0.717) is 5.92 Å². The fraction of sp³-hybridized carbons (Fsp3) is 0.476. The number of benzene rings is 1. The van der Waals surface area contributed by atoms with Crippen molar-refractivity contribution in [1.29, 1.82) is 0 Å². The molecule has 0 saturated carbocycles. The Balaban J connectivity index is 1.85. The quantitative estimate of drug-likeness (QED) is 0.896. The number of hydrogen-bond donors (Lipinski definition) is 1. The van der Waals surface area contributed by atoms with Gasteiger partial charge in [-0.2, -0.15) is 0 Å². The molecule has 1 unspecified atom stereocenters. The van der Waals surface area contributed by atoms with Gasteiger partial charge in [-0.15, -0.1) is 0 Å². The number of ether oxygens (including phenoxy) is 1. The van der Waals surface area contributed by atoms with E-state index in [2.05, 4.69) is 9.88 Å². The fourth-order valence-electron chi connectivity index (χ4n) is 3.98. The first-order valence-corrected chi connectivity index (χ1v) is 9.32. The molecule has 1 aliphatic rings. The first-order valence-electron chi connectivity index (χ1n) is 9.32. The van der Waals surface area contributed by atoms with Crippen molar-refractivity contribution in [3.05, 3.63) is 47.3 Å². The predicted molar refractivity (Wildman–Crippen MR) is 104 cm³/mol. The molecule has 2 heterocycles. The standard InChI is InChI=1S/C21H29N3O2/c1-15-12-20(21(25)23-11-5-6-17(14-23)13-22-3)16(2)24(15)18-7-9-19(26-4)10-8-18/h7-10,12,17,22H,5-6,11,13-14H2,1-4H3. The van der Waals surface area contributed by atoms with Crippen molar-refractivity contribution >= 4 is 5.91 Å². The average molecular weight is 355 g/mol. The van der Waals surface area contributed by atoms with Gasteiger partial charge in [-0.05, 0) is 76.5 Å². The predicted octanol–water partition coefficient (Wildman–Crippen LogP) is 3.17. The highest BCUT2D eigenvalue weighted by molar-refractivity contribution is 5.96. The molecule has 5 heteroatoms. The van der Waals surface area contributed by atoms with E-state index in [-0.39, 0.29) is 5.91 Å². The van der Waals surface area contributed by atoms with Gasteiger partial charge in [-0.25, -0.2) is 0 Å². The highest BCUT2D eigenvalue weighted by Crippen LogP contribution is 2.25. The molecular weight excluding hydrogens is 326 g/mol. The molecule has 3 rings (SSSR count). The number of aromatic nitrogens is 1. The third kappa shape index (κ3) is 3.63. The minimum atomic E-state index is 0.152. The maximum atomic E-state index is 13.1. The van der Waals surface area contributed by atoms with E-state index < -0.39 is 0 Å². The summed E-state index contributed by atoms with van der Waals surface area (Å²) in [6, 6.07) is 9.96. The molecule has 1 amide bonds. The normalized spacial score (nSPS) is 17.4. The zero-order chi connectivity index (χ0) is 18.7. The Bertz CT molecular complexity index is 762. The zero-order valence-corrected chi connectivity index (χ0v) is 16.2. The number of carbonyl (C=O) groups is 1. The van der Waals surface area contributed by atoms with Gasteiger partial charge in [0.05, 0.1) is 12.7 Å². The monoisotopic (exact) mass is 355 g/mol. The second kappa shape index (κ2) is 7.96. The molecule has 1 aliphatic heterocycles. The van der Waals surface area contributed by atoms with Crippen molar-refractivity contribution in [2.45, 2.75) is 26.7 Å². The number of likely N-dealkylation sites (tertiary alicyclic amines) is 1. The van der Waals surface area contributed by atoms with Gasteiger partial charge in [0, 0.05) is 30.2 Å². The van der Waals surface area contributed by atoms with Crippen LogP contribution in [0.3, 0.4) is 0 Å². The molecule has 0 radical (unpaired) electrons. The van der Waals surface area contributed by atoms with Crippen molar-refractivity contribution < 1.29 is 9.53 Å². The lowest BCUT2D eigenvalue weighted by Crippen LogP contribution is -2.42. The van der Waals surface area contributed by atoms with E-state index in [1.54, 1.807) is 7.11 Å². The van der Waals surface area contributed by atoms with Crippen LogP contribution in [-0.4, -0.2) is 49.2 Å². The summed E-state index contributed by atoms with van der Waals surface area (Å²) < 4.78 is 7.38.